The zero-order chi connectivity index (χ0) is 24.8. The highest BCUT2D eigenvalue weighted by Crippen LogP contribution is 2.68. The Labute approximate surface area is 205 Å². The summed E-state index contributed by atoms with van der Waals surface area (Å²) >= 11 is 6.07. The normalized spacial score (nSPS) is 37.1. The topological polar surface area (TPSA) is 75.6 Å². The number of fused-ring (bicyclic) bond motifs is 1. The minimum atomic E-state index is -4.61. The van der Waals surface area contributed by atoms with Crippen LogP contribution in [0.4, 0.5) is 18.9 Å². The Morgan fingerprint density at radius 1 is 1.23 bits per heavy atom. The van der Waals surface area contributed by atoms with E-state index in [1.165, 1.54) is 0 Å². The Morgan fingerprint density at radius 2 is 1.94 bits per heavy atom. The first-order chi connectivity index (χ1) is 16.4. The van der Waals surface area contributed by atoms with E-state index in [0.29, 0.717) is 23.2 Å². The van der Waals surface area contributed by atoms with Crippen LogP contribution in [0.15, 0.2) is 23.3 Å². The SMILES string of the molecule is CN1CC(C(=O)NC23CC(C4=NN(C)C(C5CC(OC(F)(F)F)C5)O4)(C2)C3)Oc2ccc(Cl)cc21. The molecule has 4 fully saturated rings. The number of carbonyl (C=O) groups excluding carboxylic acids is 1. The molecule has 4 saturated carbocycles. The molecule has 1 aromatic carbocycles. The number of amides is 1. The summed E-state index contributed by atoms with van der Waals surface area (Å²) in [5, 5.41) is 10.0. The van der Waals surface area contributed by atoms with Gasteiger partial charge in [-0.25, -0.2) is 0 Å². The number of ether oxygens (including phenoxy) is 3. The first-order valence-electron chi connectivity index (χ1n) is 11.7. The molecule has 1 aromatic rings. The molecule has 2 atom stereocenters. The van der Waals surface area contributed by atoms with Crippen molar-refractivity contribution in [2.75, 3.05) is 25.5 Å². The minimum Gasteiger partial charge on any atom is -0.477 e. The molecule has 0 saturated heterocycles. The third-order valence-electron chi connectivity index (χ3n) is 7.89. The van der Waals surface area contributed by atoms with Gasteiger partial charge in [0.15, 0.2) is 12.3 Å². The van der Waals surface area contributed by atoms with E-state index in [9.17, 15) is 18.0 Å². The fourth-order valence-corrected chi connectivity index (χ4v) is 6.39. The van der Waals surface area contributed by atoms with E-state index in [2.05, 4.69) is 15.2 Å². The molecule has 7 rings (SSSR count). The van der Waals surface area contributed by atoms with Gasteiger partial charge < -0.3 is 19.7 Å². The average molecular weight is 515 g/mol. The van der Waals surface area contributed by atoms with Crippen molar-refractivity contribution in [2.45, 2.75) is 62.4 Å². The highest BCUT2D eigenvalue weighted by Gasteiger charge is 2.73. The fourth-order valence-electron chi connectivity index (χ4n) is 6.22. The number of benzene rings is 1. The van der Waals surface area contributed by atoms with Crippen LogP contribution in [0.5, 0.6) is 5.75 Å². The van der Waals surface area contributed by atoms with Crippen LogP contribution < -0.4 is 15.0 Å². The molecule has 6 aliphatic rings. The quantitative estimate of drug-likeness (QED) is 0.648. The number of nitrogens with one attached hydrogen (secondary N) is 1. The predicted molar refractivity (Wildman–Crippen MR) is 120 cm³/mol. The van der Waals surface area contributed by atoms with Crippen molar-refractivity contribution >= 4 is 29.1 Å². The van der Waals surface area contributed by atoms with E-state index in [4.69, 9.17) is 21.1 Å². The van der Waals surface area contributed by atoms with Gasteiger partial charge in [-0.1, -0.05) is 11.6 Å². The monoisotopic (exact) mass is 514 g/mol. The van der Waals surface area contributed by atoms with Crippen LogP contribution in [0.1, 0.15) is 32.1 Å². The highest BCUT2D eigenvalue weighted by molar-refractivity contribution is 6.31. The third kappa shape index (κ3) is 3.87. The molecule has 0 spiro atoms. The zero-order valence-corrected chi connectivity index (χ0v) is 20.0. The molecule has 2 unspecified atom stereocenters. The number of carbonyl (C=O) groups is 1. The van der Waals surface area contributed by atoms with Crippen LogP contribution in [0.3, 0.4) is 0 Å². The van der Waals surface area contributed by atoms with Crippen LogP contribution in [0, 0.1) is 11.3 Å². The first-order valence-corrected chi connectivity index (χ1v) is 12.0. The molecule has 2 heterocycles. The summed E-state index contributed by atoms with van der Waals surface area (Å²) in [7, 11) is 3.68. The summed E-state index contributed by atoms with van der Waals surface area (Å²) in [6.07, 6.45) is -3.68. The Bertz CT molecular complexity index is 1070. The van der Waals surface area contributed by atoms with E-state index >= 15 is 0 Å². The average Bonchev–Trinajstić information content (AvgIpc) is 3.06. The second kappa shape index (κ2) is 7.55. The molecule has 4 aliphatic carbocycles. The predicted octanol–water partition coefficient (Wildman–Crippen LogP) is 3.49. The minimum absolute atomic E-state index is 0.0622. The Balaban J connectivity index is 1.01. The molecule has 1 amide bonds. The van der Waals surface area contributed by atoms with Crippen molar-refractivity contribution < 1.29 is 32.2 Å². The lowest BCUT2D eigenvalue weighted by Gasteiger charge is -2.69. The number of alkyl halides is 3. The van der Waals surface area contributed by atoms with Gasteiger partial charge in [0.1, 0.15) is 5.75 Å². The van der Waals surface area contributed by atoms with Crippen molar-refractivity contribution in [1.82, 2.24) is 10.3 Å². The van der Waals surface area contributed by atoms with Crippen molar-refractivity contribution in [3.05, 3.63) is 23.2 Å². The number of hydrogen-bond acceptors (Lipinski definition) is 7. The maximum absolute atomic E-state index is 13.0. The van der Waals surface area contributed by atoms with Gasteiger partial charge in [0.25, 0.3) is 5.91 Å². The maximum atomic E-state index is 13.0. The second-order valence-corrected chi connectivity index (χ2v) is 11.0. The Morgan fingerprint density at radius 3 is 2.63 bits per heavy atom. The van der Waals surface area contributed by atoms with Gasteiger partial charge in [-0.3, -0.25) is 14.5 Å². The van der Waals surface area contributed by atoms with Gasteiger partial charge in [-0.05, 0) is 50.3 Å². The third-order valence-corrected chi connectivity index (χ3v) is 8.13. The van der Waals surface area contributed by atoms with Crippen LogP contribution >= 0.6 is 11.6 Å². The number of halogens is 4. The summed E-state index contributed by atoms with van der Waals surface area (Å²) in [4.78, 5) is 15.0. The van der Waals surface area contributed by atoms with E-state index in [-0.39, 0.29) is 41.8 Å². The molecule has 190 valence electrons. The maximum Gasteiger partial charge on any atom is 0.522 e. The number of anilines is 1. The smallest absolute Gasteiger partial charge is 0.477 e. The lowest BCUT2D eigenvalue weighted by molar-refractivity contribution is -0.356. The van der Waals surface area contributed by atoms with E-state index in [1.54, 1.807) is 24.2 Å². The second-order valence-electron chi connectivity index (χ2n) is 10.6. The van der Waals surface area contributed by atoms with Crippen molar-refractivity contribution in [1.29, 1.82) is 0 Å². The summed E-state index contributed by atoms with van der Waals surface area (Å²) in [6.45, 7) is 0.420. The summed E-state index contributed by atoms with van der Waals surface area (Å²) in [5.41, 5.74) is 0.350. The van der Waals surface area contributed by atoms with E-state index < -0.39 is 18.6 Å². The van der Waals surface area contributed by atoms with Gasteiger partial charge in [-0.15, -0.1) is 18.3 Å². The first kappa shape index (κ1) is 23.0. The number of likely N-dealkylation sites (N-methyl/N-ethyl adjacent to an activating group) is 1. The number of hydrogen-bond donors (Lipinski definition) is 1. The molecule has 2 aliphatic heterocycles. The van der Waals surface area contributed by atoms with Crippen LogP contribution in [-0.2, 0) is 14.3 Å². The van der Waals surface area contributed by atoms with Crippen LogP contribution in [0.2, 0.25) is 5.02 Å². The standard InChI is InChI=1S/C23H26ClF3N4O4/c1-30-8-17(33-16-4-3-13(24)7-15(16)30)18(32)28-22-9-21(10-22,11-22)20-29-31(2)19(34-20)12-5-14(6-12)35-23(25,26)27/h3-4,7,12,14,17,19H,5-6,8-11H2,1-2H3,(H,28,32). The largest absolute Gasteiger partial charge is 0.522 e. The fraction of sp³-hybridized carbons (Fsp3) is 0.652. The van der Waals surface area contributed by atoms with E-state index in [1.807, 2.05) is 18.0 Å². The number of hydrazone groups is 1. The lowest BCUT2D eigenvalue weighted by atomic mass is 9.39. The van der Waals surface area contributed by atoms with Crippen molar-refractivity contribution in [2.24, 2.45) is 16.4 Å². The van der Waals surface area contributed by atoms with Gasteiger partial charge in [0.2, 0.25) is 5.90 Å². The summed E-state index contributed by atoms with van der Waals surface area (Å²) < 4.78 is 53.3. The van der Waals surface area contributed by atoms with E-state index in [0.717, 1.165) is 24.9 Å². The molecule has 12 heteroatoms. The highest BCUT2D eigenvalue weighted by atomic mass is 35.5. The van der Waals surface area contributed by atoms with Gasteiger partial charge in [-0.2, -0.15) is 0 Å². The van der Waals surface area contributed by atoms with Crippen LogP contribution in [0.25, 0.3) is 0 Å². The Hall–Kier alpha value is -2.40. The molecule has 1 N–H and O–H groups in total. The van der Waals surface area contributed by atoms with Gasteiger partial charge in [0.05, 0.1) is 23.8 Å². The summed E-state index contributed by atoms with van der Waals surface area (Å²) in [5.74, 6) is 1.04. The molecule has 0 radical (unpaired) electrons. The van der Waals surface area contributed by atoms with Gasteiger partial charge >= 0.3 is 6.36 Å². The number of nitrogens with zero attached hydrogens (tertiary/aromatic N) is 3. The molecule has 0 aromatic heterocycles. The summed E-state index contributed by atoms with van der Waals surface area (Å²) in [6, 6.07) is 5.32. The lowest BCUT2D eigenvalue weighted by Crippen LogP contribution is -2.78. The number of rotatable bonds is 5. The van der Waals surface area contributed by atoms with Crippen molar-refractivity contribution in [3.63, 3.8) is 0 Å². The zero-order valence-electron chi connectivity index (χ0n) is 19.3. The van der Waals surface area contributed by atoms with Gasteiger partial charge in [0, 0.05) is 30.6 Å². The molecule has 35 heavy (non-hydrogen) atoms. The van der Waals surface area contributed by atoms with Crippen LogP contribution in [-0.4, -0.2) is 67.8 Å². The molecule has 8 nitrogen and oxygen atoms in total. The molecular formula is C23H26ClF3N4O4. The molecule has 2 bridgehead atoms. The Kier molecular flexibility index (Phi) is 4.97. The van der Waals surface area contributed by atoms with Crippen molar-refractivity contribution in [3.8, 4) is 5.75 Å². The molecular weight excluding hydrogens is 489 g/mol.